The van der Waals surface area contributed by atoms with E-state index in [1.807, 2.05) is 102 Å². The van der Waals surface area contributed by atoms with Gasteiger partial charge >= 0.3 is 0 Å². The molecular formula is C26H26N2O2S2. The second-order valence-electron chi connectivity index (χ2n) is 7.58. The van der Waals surface area contributed by atoms with Gasteiger partial charge in [-0.15, -0.1) is 11.8 Å². The maximum Gasteiger partial charge on any atom is 0.242 e. The van der Waals surface area contributed by atoms with Crippen LogP contribution in [0.2, 0.25) is 0 Å². The molecule has 0 saturated carbocycles. The van der Waals surface area contributed by atoms with Crippen LogP contribution in [0.3, 0.4) is 0 Å². The van der Waals surface area contributed by atoms with Crippen LogP contribution in [0.15, 0.2) is 89.8 Å². The van der Waals surface area contributed by atoms with Crippen molar-refractivity contribution in [3.8, 4) is 0 Å². The Morgan fingerprint density at radius 2 is 1.50 bits per heavy atom. The van der Waals surface area contributed by atoms with Crippen molar-refractivity contribution in [2.75, 3.05) is 29.9 Å². The molecule has 0 aliphatic carbocycles. The molecule has 164 valence electrons. The standard InChI is InChI=1S/C26H26N2O2S2/c29-24(28-15-17-31-18-16-28)19-20-11-13-22(14-12-20)27-26(30)25(21-7-3-1-4-8-21)32-23-9-5-2-6-10-23/h1-14,25H,15-19H2,(H,27,30). The fourth-order valence-electron chi connectivity index (χ4n) is 3.55. The van der Waals surface area contributed by atoms with E-state index in [1.165, 1.54) is 11.8 Å². The van der Waals surface area contributed by atoms with E-state index in [4.69, 9.17) is 0 Å². The Hall–Kier alpha value is -2.70. The number of hydrogen-bond donors (Lipinski definition) is 1. The van der Waals surface area contributed by atoms with Crippen LogP contribution in [0.1, 0.15) is 16.4 Å². The molecule has 3 aromatic rings. The van der Waals surface area contributed by atoms with Gasteiger partial charge in [0.2, 0.25) is 11.8 Å². The summed E-state index contributed by atoms with van der Waals surface area (Å²) in [5.74, 6) is 2.13. The molecule has 1 atom stereocenters. The van der Waals surface area contributed by atoms with Crippen molar-refractivity contribution in [2.45, 2.75) is 16.6 Å². The van der Waals surface area contributed by atoms with Gasteiger partial charge in [-0.05, 0) is 35.4 Å². The van der Waals surface area contributed by atoms with Gasteiger partial charge in [-0.25, -0.2) is 0 Å². The summed E-state index contributed by atoms with van der Waals surface area (Å²) in [5.41, 5.74) is 2.65. The zero-order chi connectivity index (χ0) is 22.2. The van der Waals surface area contributed by atoms with Crippen molar-refractivity contribution < 1.29 is 9.59 Å². The van der Waals surface area contributed by atoms with Gasteiger partial charge in [-0.1, -0.05) is 60.7 Å². The van der Waals surface area contributed by atoms with Gasteiger partial charge in [0.05, 0.1) is 6.42 Å². The summed E-state index contributed by atoms with van der Waals surface area (Å²) < 4.78 is 0. The summed E-state index contributed by atoms with van der Waals surface area (Å²) in [6, 6.07) is 27.4. The van der Waals surface area contributed by atoms with E-state index in [0.717, 1.165) is 46.3 Å². The van der Waals surface area contributed by atoms with Crippen LogP contribution in [-0.4, -0.2) is 41.3 Å². The van der Waals surface area contributed by atoms with E-state index in [2.05, 4.69) is 5.32 Å². The Kier molecular flexibility index (Phi) is 7.91. The molecule has 1 N–H and O–H groups in total. The molecule has 4 rings (SSSR count). The number of carbonyl (C=O) groups is 2. The maximum atomic E-state index is 13.2. The topological polar surface area (TPSA) is 49.4 Å². The highest BCUT2D eigenvalue weighted by Crippen LogP contribution is 2.36. The molecule has 1 saturated heterocycles. The molecule has 1 aliphatic heterocycles. The zero-order valence-electron chi connectivity index (χ0n) is 17.8. The molecular weight excluding hydrogens is 436 g/mol. The van der Waals surface area contributed by atoms with Crippen LogP contribution in [0.5, 0.6) is 0 Å². The normalized spacial score (nSPS) is 14.6. The minimum Gasteiger partial charge on any atom is -0.341 e. The van der Waals surface area contributed by atoms with Crippen LogP contribution in [0.25, 0.3) is 0 Å². The van der Waals surface area contributed by atoms with E-state index < -0.39 is 0 Å². The van der Waals surface area contributed by atoms with Crippen LogP contribution < -0.4 is 5.32 Å². The number of benzene rings is 3. The van der Waals surface area contributed by atoms with Crippen molar-refractivity contribution in [1.82, 2.24) is 4.90 Å². The molecule has 0 radical (unpaired) electrons. The minimum absolute atomic E-state index is 0.0697. The highest BCUT2D eigenvalue weighted by molar-refractivity contribution is 8.00. The van der Waals surface area contributed by atoms with Crippen molar-refractivity contribution >= 4 is 41.0 Å². The molecule has 4 nitrogen and oxygen atoms in total. The van der Waals surface area contributed by atoms with Gasteiger partial charge in [0, 0.05) is 35.2 Å². The molecule has 3 aromatic carbocycles. The number of nitrogens with zero attached hydrogens (tertiary/aromatic N) is 1. The van der Waals surface area contributed by atoms with Gasteiger partial charge < -0.3 is 10.2 Å². The number of carbonyl (C=O) groups excluding carboxylic acids is 2. The quantitative estimate of drug-likeness (QED) is 0.486. The Balaban J connectivity index is 1.42. The fourth-order valence-corrected chi connectivity index (χ4v) is 5.50. The van der Waals surface area contributed by atoms with Gasteiger partial charge in [0.15, 0.2) is 0 Å². The number of amides is 2. The van der Waals surface area contributed by atoms with Gasteiger partial charge in [-0.3, -0.25) is 9.59 Å². The Labute approximate surface area is 197 Å². The first-order valence-electron chi connectivity index (χ1n) is 10.7. The molecule has 0 bridgehead atoms. The van der Waals surface area contributed by atoms with Crippen molar-refractivity contribution in [3.63, 3.8) is 0 Å². The highest BCUT2D eigenvalue weighted by Gasteiger charge is 2.22. The molecule has 2 amide bonds. The molecule has 1 heterocycles. The summed E-state index contributed by atoms with van der Waals surface area (Å²) >= 11 is 3.43. The molecule has 6 heteroatoms. The third-order valence-electron chi connectivity index (χ3n) is 5.28. The van der Waals surface area contributed by atoms with E-state index in [0.29, 0.717) is 6.42 Å². The number of thioether (sulfide) groups is 2. The first-order chi connectivity index (χ1) is 15.7. The lowest BCUT2D eigenvalue weighted by atomic mass is 10.1. The molecule has 0 aromatic heterocycles. The lowest BCUT2D eigenvalue weighted by molar-refractivity contribution is -0.130. The first-order valence-corrected chi connectivity index (χ1v) is 12.7. The number of rotatable bonds is 7. The maximum absolute atomic E-state index is 13.2. The molecule has 32 heavy (non-hydrogen) atoms. The van der Waals surface area contributed by atoms with Crippen LogP contribution in [-0.2, 0) is 16.0 Å². The molecule has 0 spiro atoms. The summed E-state index contributed by atoms with van der Waals surface area (Å²) in [7, 11) is 0. The number of hydrogen-bond acceptors (Lipinski definition) is 4. The number of nitrogens with one attached hydrogen (secondary N) is 1. The van der Waals surface area contributed by atoms with E-state index in [1.54, 1.807) is 0 Å². The average Bonchev–Trinajstić information content (AvgIpc) is 2.85. The Bertz CT molecular complexity index is 1020. The smallest absolute Gasteiger partial charge is 0.242 e. The third-order valence-corrected chi connectivity index (χ3v) is 7.49. The minimum atomic E-state index is -0.364. The SMILES string of the molecule is O=C(Nc1ccc(CC(=O)N2CCSCC2)cc1)C(Sc1ccccc1)c1ccccc1. The zero-order valence-corrected chi connectivity index (χ0v) is 19.4. The van der Waals surface area contributed by atoms with E-state index in [-0.39, 0.29) is 17.1 Å². The third kappa shape index (κ3) is 6.17. The Morgan fingerprint density at radius 3 is 2.16 bits per heavy atom. The van der Waals surface area contributed by atoms with Crippen LogP contribution in [0.4, 0.5) is 5.69 Å². The first kappa shape index (κ1) is 22.5. The lowest BCUT2D eigenvalue weighted by Gasteiger charge is -2.26. The number of anilines is 1. The van der Waals surface area contributed by atoms with Gasteiger partial charge in [0.25, 0.3) is 0 Å². The average molecular weight is 463 g/mol. The summed E-state index contributed by atoms with van der Waals surface area (Å²) in [6.07, 6.45) is 0.398. The lowest BCUT2D eigenvalue weighted by Crippen LogP contribution is -2.38. The largest absolute Gasteiger partial charge is 0.341 e. The Morgan fingerprint density at radius 1 is 0.875 bits per heavy atom. The predicted molar refractivity (Wildman–Crippen MR) is 134 cm³/mol. The van der Waals surface area contributed by atoms with Gasteiger partial charge in [0.1, 0.15) is 5.25 Å². The monoisotopic (exact) mass is 462 g/mol. The predicted octanol–water partition coefficient (Wildman–Crippen LogP) is 5.28. The van der Waals surface area contributed by atoms with Crippen molar-refractivity contribution in [2.24, 2.45) is 0 Å². The van der Waals surface area contributed by atoms with E-state index in [9.17, 15) is 9.59 Å². The van der Waals surface area contributed by atoms with E-state index >= 15 is 0 Å². The van der Waals surface area contributed by atoms with Crippen LogP contribution in [0, 0.1) is 0 Å². The highest BCUT2D eigenvalue weighted by atomic mass is 32.2. The summed E-state index contributed by atoms with van der Waals surface area (Å²) in [4.78, 5) is 28.7. The van der Waals surface area contributed by atoms with Gasteiger partial charge in [-0.2, -0.15) is 11.8 Å². The van der Waals surface area contributed by atoms with Crippen molar-refractivity contribution in [1.29, 1.82) is 0 Å². The second-order valence-corrected chi connectivity index (χ2v) is 9.98. The summed E-state index contributed by atoms with van der Waals surface area (Å²) in [5, 5.41) is 2.68. The molecule has 1 unspecified atom stereocenters. The fraction of sp³-hybridized carbons (Fsp3) is 0.231. The second kappa shape index (κ2) is 11.2. The summed E-state index contributed by atoms with van der Waals surface area (Å²) in [6.45, 7) is 1.66. The molecule has 1 aliphatic rings. The molecule has 1 fully saturated rings. The van der Waals surface area contributed by atoms with Crippen LogP contribution >= 0.6 is 23.5 Å². The van der Waals surface area contributed by atoms with Crippen molar-refractivity contribution in [3.05, 3.63) is 96.1 Å².